The Balaban J connectivity index is 1.77. The minimum absolute atomic E-state index is 0.0515. The number of carbonyl (C=O) groups excluding carboxylic acids is 2. The van der Waals surface area contributed by atoms with Gasteiger partial charge in [-0.2, -0.15) is 9.78 Å². The molecule has 12 heteroatoms. The van der Waals surface area contributed by atoms with Gasteiger partial charge < -0.3 is 15.3 Å². The second kappa shape index (κ2) is 8.36. The molecule has 0 bridgehead atoms. The molecule has 0 aliphatic heterocycles. The van der Waals surface area contributed by atoms with E-state index in [1.807, 2.05) is 0 Å². The Labute approximate surface area is 189 Å². The molecule has 3 heterocycles. The van der Waals surface area contributed by atoms with Gasteiger partial charge in [0.15, 0.2) is 28.6 Å². The summed E-state index contributed by atoms with van der Waals surface area (Å²) < 4.78 is 5.68. The molecule has 10 nitrogen and oxygen atoms in total. The van der Waals surface area contributed by atoms with E-state index in [-0.39, 0.29) is 41.1 Å². The molecule has 0 saturated heterocycles. The van der Waals surface area contributed by atoms with E-state index in [9.17, 15) is 19.5 Å². The summed E-state index contributed by atoms with van der Waals surface area (Å²) in [6, 6.07) is 9.82. The normalized spacial score (nSPS) is 10.9. The van der Waals surface area contributed by atoms with Gasteiger partial charge >= 0.3 is 5.97 Å². The Hall–Kier alpha value is -3.83. The number of rotatable bonds is 7. The van der Waals surface area contributed by atoms with E-state index in [2.05, 4.69) is 15.2 Å². The summed E-state index contributed by atoms with van der Waals surface area (Å²) in [6.07, 6.45) is 0. The van der Waals surface area contributed by atoms with Crippen LogP contribution >= 0.6 is 22.9 Å². The number of hydrogen-bond donors (Lipinski definition) is 2. The maximum Gasteiger partial charge on any atom is 0.358 e. The number of carboxylic acids is 1. The number of amides is 1. The fourth-order valence-corrected chi connectivity index (χ4v) is 3.98. The summed E-state index contributed by atoms with van der Waals surface area (Å²) in [7, 11) is 0. The SMILES string of the molecule is CC(=O)c1ccc(Cn2nc(C(N)=O)c(-c3nc(C(=O)O)c(-c4cccc(Cl)c4)o3)n2)s1. The van der Waals surface area contributed by atoms with Crippen molar-refractivity contribution in [3.63, 3.8) is 0 Å². The molecule has 0 unspecified atom stereocenters. The van der Waals surface area contributed by atoms with Crippen molar-refractivity contribution in [3.05, 3.63) is 62.6 Å². The van der Waals surface area contributed by atoms with E-state index in [0.29, 0.717) is 15.5 Å². The first kappa shape index (κ1) is 21.4. The van der Waals surface area contributed by atoms with Gasteiger partial charge in [0.25, 0.3) is 11.8 Å². The number of ketones is 1. The number of aromatic nitrogens is 4. The monoisotopic (exact) mass is 471 g/mol. The lowest BCUT2D eigenvalue weighted by Crippen LogP contribution is -2.13. The first-order valence-corrected chi connectivity index (χ1v) is 10.3. The molecule has 0 aliphatic carbocycles. The van der Waals surface area contributed by atoms with Gasteiger partial charge in [0, 0.05) is 15.5 Å². The molecule has 1 amide bonds. The number of Topliss-reactive ketones (excluding diaryl/α,β-unsaturated/α-hetero) is 1. The van der Waals surface area contributed by atoms with Crippen LogP contribution in [0.3, 0.4) is 0 Å². The van der Waals surface area contributed by atoms with E-state index in [1.54, 1.807) is 30.3 Å². The van der Waals surface area contributed by atoms with Crippen LogP contribution < -0.4 is 5.73 Å². The highest BCUT2D eigenvalue weighted by Crippen LogP contribution is 2.31. The lowest BCUT2D eigenvalue weighted by atomic mass is 10.1. The molecule has 3 N–H and O–H groups in total. The van der Waals surface area contributed by atoms with Crippen LogP contribution in [-0.4, -0.2) is 42.7 Å². The molecule has 0 aliphatic rings. The number of halogens is 1. The number of hydrogen-bond acceptors (Lipinski definition) is 8. The van der Waals surface area contributed by atoms with Crippen molar-refractivity contribution in [2.45, 2.75) is 13.5 Å². The first-order chi connectivity index (χ1) is 15.2. The second-order valence-electron chi connectivity index (χ2n) is 6.63. The third kappa shape index (κ3) is 4.15. The number of carboxylic acid groups (broad SMARTS) is 1. The molecular weight excluding hydrogens is 458 g/mol. The Kier molecular flexibility index (Phi) is 5.59. The average Bonchev–Trinajstić information content (AvgIpc) is 3.46. The van der Waals surface area contributed by atoms with Gasteiger partial charge in [-0.05, 0) is 31.2 Å². The van der Waals surface area contributed by atoms with Crippen molar-refractivity contribution in [3.8, 4) is 22.9 Å². The van der Waals surface area contributed by atoms with Crippen LogP contribution in [0.1, 0.15) is 42.4 Å². The van der Waals surface area contributed by atoms with E-state index >= 15 is 0 Å². The summed E-state index contributed by atoms with van der Waals surface area (Å²) in [4.78, 5) is 41.7. The standard InChI is InChI=1S/C20H14ClN5O5S/c1-9(27)13-6-5-12(32-13)8-26-24-14(18(22)28)15(25-26)19-23-16(20(29)30)17(31-19)10-3-2-4-11(21)7-10/h2-7H,8H2,1H3,(H2,22,28)(H,29,30). The quantitative estimate of drug-likeness (QED) is 0.389. The number of thiophene rings is 1. The highest BCUT2D eigenvalue weighted by molar-refractivity contribution is 7.14. The highest BCUT2D eigenvalue weighted by atomic mass is 35.5. The van der Waals surface area contributed by atoms with E-state index < -0.39 is 11.9 Å². The van der Waals surface area contributed by atoms with Crippen LogP contribution in [0.5, 0.6) is 0 Å². The third-order valence-corrected chi connectivity index (χ3v) is 5.72. The predicted octanol–water partition coefficient (Wildman–Crippen LogP) is 3.36. The Morgan fingerprint density at radius 3 is 2.59 bits per heavy atom. The number of carbonyl (C=O) groups is 3. The molecule has 4 rings (SSSR count). The van der Waals surface area contributed by atoms with Crippen molar-refractivity contribution >= 4 is 40.6 Å². The van der Waals surface area contributed by atoms with Crippen molar-refractivity contribution in [1.82, 2.24) is 20.0 Å². The van der Waals surface area contributed by atoms with Crippen LogP contribution in [0, 0.1) is 0 Å². The van der Waals surface area contributed by atoms with Gasteiger partial charge in [0.1, 0.15) is 0 Å². The van der Waals surface area contributed by atoms with Gasteiger partial charge in [-0.25, -0.2) is 4.79 Å². The van der Waals surface area contributed by atoms with E-state index in [4.69, 9.17) is 21.8 Å². The largest absolute Gasteiger partial charge is 0.476 e. The Bertz CT molecular complexity index is 1370. The minimum atomic E-state index is -1.33. The maximum absolute atomic E-state index is 12.0. The zero-order chi connectivity index (χ0) is 23.0. The predicted molar refractivity (Wildman–Crippen MR) is 115 cm³/mol. The molecule has 0 atom stereocenters. The lowest BCUT2D eigenvalue weighted by Gasteiger charge is -1.98. The molecule has 3 aromatic heterocycles. The van der Waals surface area contributed by atoms with Crippen LogP contribution in [0.25, 0.3) is 22.9 Å². The van der Waals surface area contributed by atoms with Gasteiger partial charge in [0.05, 0.1) is 11.4 Å². The molecule has 0 saturated carbocycles. The van der Waals surface area contributed by atoms with Gasteiger partial charge in [-0.1, -0.05) is 23.7 Å². The Morgan fingerprint density at radius 1 is 1.19 bits per heavy atom. The van der Waals surface area contributed by atoms with E-state index in [0.717, 1.165) is 4.88 Å². The average molecular weight is 472 g/mol. The van der Waals surface area contributed by atoms with Crippen molar-refractivity contribution in [2.24, 2.45) is 5.73 Å². The van der Waals surface area contributed by atoms with E-state index in [1.165, 1.54) is 29.1 Å². The second-order valence-corrected chi connectivity index (χ2v) is 8.23. The topological polar surface area (TPSA) is 154 Å². The summed E-state index contributed by atoms with van der Waals surface area (Å²) in [5.74, 6) is -2.57. The summed E-state index contributed by atoms with van der Waals surface area (Å²) in [5, 5.41) is 18.3. The maximum atomic E-state index is 12.0. The summed E-state index contributed by atoms with van der Waals surface area (Å²) in [5.41, 5.74) is 5.11. The van der Waals surface area contributed by atoms with Crippen LogP contribution in [0.2, 0.25) is 5.02 Å². The van der Waals surface area contributed by atoms with Crippen molar-refractivity contribution in [2.75, 3.05) is 0 Å². The molecule has 162 valence electrons. The highest BCUT2D eigenvalue weighted by Gasteiger charge is 2.27. The molecule has 4 aromatic rings. The van der Waals surface area contributed by atoms with Crippen molar-refractivity contribution in [1.29, 1.82) is 0 Å². The number of nitrogens with zero attached hydrogens (tertiary/aromatic N) is 4. The van der Waals surface area contributed by atoms with Gasteiger partial charge in [0.2, 0.25) is 0 Å². The lowest BCUT2D eigenvalue weighted by molar-refractivity contribution is 0.0691. The zero-order valence-electron chi connectivity index (χ0n) is 16.4. The zero-order valence-corrected chi connectivity index (χ0v) is 18.0. The van der Waals surface area contributed by atoms with Gasteiger partial charge in [-0.3, -0.25) is 9.59 Å². The fraction of sp³-hybridized carbons (Fsp3) is 0.100. The van der Waals surface area contributed by atoms with Gasteiger partial charge in [-0.15, -0.1) is 21.5 Å². The molecule has 32 heavy (non-hydrogen) atoms. The van der Waals surface area contributed by atoms with Crippen molar-refractivity contribution < 1.29 is 23.9 Å². The number of nitrogens with two attached hydrogens (primary N) is 1. The smallest absolute Gasteiger partial charge is 0.358 e. The summed E-state index contributed by atoms with van der Waals surface area (Å²) >= 11 is 7.27. The first-order valence-electron chi connectivity index (χ1n) is 9.08. The number of benzene rings is 1. The third-order valence-electron chi connectivity index (χ3n) is 4.31. The van der Waals surface area contributed by atoms with Crippen LogP contribution in [0.15, 0.2) is 40.8 Å². The number of primary amides is 1. The van der Waals surface area contributed by atoms with Crippen LogP contribution in [-0.2, 0) is 6.54 Å². The van der Waals surface area contributed by atoms with Crippen LogP contribution in [0.4, 0.5) is 0 Å². The fourth-order valence-electron chi connectivity index (χ4n) is 2.91. The molecule has 0 radical (unpaired) electrons. The molecular formula is C20H14ClN5O5S. The number of aromatic carboxylic acids is 1. The molecule has 0 spiro atoms. The number of oxazole rings is 1. The molecule has 1 aromatic carbocycles. The Morgan fingerprint density at radius 2 is 1.97 bits per heavy atom. The molecule has 0 fully saturated rings. The summed E-state index contributed by atoms with van der Waals surface area (Å²) in [6.45, 7) is 1.62. The minimum Gasteiger partial charge on any atom is -0.476 e.